The number of carbonyl (C=O) groups is 2. The van der Waals surface area contributed by atoms with Gasteiger partial charge in [0.1, 0.15) is 13.2 Å². The zero-order valence-electron chi connectivity index (χ0n) is 18.2. The molecule has 2 aromatic carbocycles. The van der Waals surface area contributed by atoms with E-state index in [2.05, 4.69) is 5.32 Å². The maximum absolute atomic E-state index is 13.5. The van der Waals surface area contributed by atoms with Gasteiger partial charge in [-0.05, 0) is 55.5 Å². The summed E-state index contributed by atoms with van der Waals surface area (Å²) in [5.74, 6) is 1.51. The predicted molar refractivity (Wildman–Crippen MR) is 121 cm³/mol. The Morgan fingerprint density at radius 1 is 0.906 bits per heavy atom. The van der Waals surface area contributed by atoms with Gasteiger partial charge in [0.15, 0.2) is 11.5 Å². The number of benzene rings is 2. The fraction of sp³-hybridized carbons (Fsp3) is 0.440. The molecule has 0 radical (unpaired) electrons. The number of piperidine rings is 1. The Labute approximate surface area is 188 Å². The third-order valence-electron chi connectivity index (χ3n) is 6.57. The lowest BCUT2D eigenvalue weighted by molar-refractivity contribution is -0.137. The van der Waals surface area contributed by atoms with Crippen LogP contribution >= 0.6 is 0 Å². The van der Waals surface area contributed by atoms with Gasteiger partial charge in [-0.15, -0.1) is 0 Å². The molecule has 0 saturated carbocycles. The SMILES string of the molecule is O=C(Nc1ccccc1)N1CCCC(C(=O)N2CCCC2c2ccc3c(c2)OCCO3)C1. The van der Waals surface area contributed by atoms with Crippen molar-refractivity contribution in [3.63, 3.8) is 0 Å². The Morgan fingerprint density at radius 2 is 1.69 bits per heavy atom. The molecular formula is C25H29N3O4. The minimum absolute atomic E-state index is 0.0480. The Bertz CT molecular complexity index is 980. The summed E-state index contributed by atoms with van der Waals surface area (Å²) in [6, 6.07) is 15.4. The molecular weight excluding hydrogens is 406 g/mol. The highest BCUT2D eigenvalue weighted by atomic mass is 16.6. The summed E-state index contributed by atoms with van der Waals surface area (Å²) in [6.07, 6.45) is 3.57. The van der Waals surface area contributed by atoms with Crippen LogP contribution in [-0.4, -0.2) is 54.6 Å². The van der Waals surface area contributed by atoms with Crippen molar-refractivity contribution >= 4 is 17.6 Å². The Hall–Kier alpha value is -3.22. The molecule has 0 aliphatic carbocycles. The Balaban J connectivity index is 1.26. The molecule has 7 nitrogen and oxygen atoms in total. The molecule has 2 aromatic rings. The van der Waals surface area contributed by atoms with E-state index in [1.54, 1.807) is 4.90 Å². The van der Waals surface area contributed by atoms with Crippen LogP contribution in [0.15, 0.2) is 48.5 Å². The van der Waals surface area contributed by atoms with E-state index in [0.717, 1.165) is 55.0 Å². The highest BCUT2D eigenvalue weighted by molar-refractivity contribution is 5.90. The molecule has 1 N–H and O–H groups in total. The summed E-state index contributed by atoms with van der Waals surface area (Å²) in [6.45, 7) is 3.00. The normalized spacial score (nSPS) is 22.5. The molecule has 32 heavy (non-hydrogen) atoms. The average molecular weight is 436 g/mol. The van der Waals surface area contributed by atoms with Crippen LogP contribution in [-0.2, 0) is 4.79 Å². The number of amides is 3. The molecule has 7 heteroatoms. The van der Waals surface area contributed by atoms with Gasteiger partial charge in [0.05, 0.1) is 12.0 Å². The van der Waals surface area contributed by atoms with E-state index < -0.39 is 0 Å². The molecule has 168 valence electrons. The quantitative estimate of drug-likeness (QED) is 0.789. The van der Waals surface area contributed by atoms with Crippen molar-refractivity contribution in [2.45, 2.75) is 31.7 Å². The van der Waals surface area contributed by atoms with Crippen LogP contribution < -0.4 is 14.8 Å². The third-order valence-corrected chi connectivity index (χ3v) is 6.57. The number of para-hydroxylation sites is 1. The van der Waals surface area contributed by atoms with Crippen LogP contribution in [0.3, 0.4) is 0 Å². The lowest BCUT2D eigenvalue weighted by Crippen LogP contribution is -2.47. The number of nitrogens with zero attached hydrogens (tertiary/aromatic N) is 2. The van der Waals surface area contributed by atoms with E-state index in [9.17, 15) is 9.59 Å². The molecule has 3 aliphatic rings. The zero-order valence-corrected chi connectivity index (χ0v) is 18.2. The largest absolute Gasteiger partial charge is 0.486 e. The molecule has 0 bridgehead atoms. The van der Waals surface area contributed by atoms with E-state index >= 15 is 0 Å². The molecule has 5 rings (SSSR count). The molecule has 3 aliphatic heterocycles. The van der Waals surface area contributed by atoms with Crippen molar-refractivity contribution in [1.29, 1.82) is 0 Å². The number of rotatable bonds is 3. The number of urea groups is 1. The highest BCUT2D eigenvalue weighted by Gasteiger charge is 2.37. The molecule has 3 amide bonds. The number of carbonyl (C=O) groups excluding carboxylic acids is 2. The fourth-order valence-electron chi connectivity index (χ4n) is 4.97. The Kier molecular flexibility index (Phi) is 5.88. The van der Waals surface area contributed by atoms with Crippen molar-refractivity contribution in [1.82, 2.24) is 9.80 Å². The van der Waals surface area contributed by atoms with E-state index in [1.165, 1.54) is 0 Å². The van der Waals surface area contributed by atoms with Gasteiger partial charge in [-0.2, -0.15) is 0 Å². The van der Waals surface area contributed by atoms with Gasteiger partial charge in [0.25, 0.3) is 0 Å². The first-order valence-electron chi connectivity index (χ1n) is 11.5. The fourth-order valence-corrected chi connectivity index (χ4v) is 4.97. The maximum atomic E-state index is 13.5. The van der Waals surface area contributed by atoms with Gasteiger partial charge in [0.2, 0.25) is 5.91 Å². The molecule has 3 heterocycles. The standard InChI is InChI=1S/C25H29N3O4/c29-24(19-6-4-12-27(17-19)25(30)26-20-7-2-1-3-8-20)28-13-5-9-21(28)18-10-11-22-23(16-18)32-15-14-31-22/h1-3,7-8,10-11,16,19,21H,4-6,9,12-15,17H2,(H,26,30). The first-order chi connectivity index (χ1) is 15.7. The lowest BCUT2D eigenvalue weighted by atomic mass is 9.95. The molecule has 2 saturated heterocycles. The van der Waals surface area contributed by atoms with Crippen LogP contribution in [0.4, 0.5) is 10.5 Å². The van der Waals surface area contributed by atoms with Gasteiger partial charge >= 0.3 is 6.03 Å². The summed E-state index contributed by atoms with van der Waals surface area (Å²) in [5.41, 5.74) is 1.86. The zero-order chi connectivity index (χ0) is 21.9. The monoisotopic (exact) mass is 435 g/mol. The molecule has 0 aromatic heterocycles. The van der Waals surface area contributed by atoms with E-state index in [1.807, 2.05) is 53.4 Å². The van der Waals surface area contributed by atoms with Crippen molar-refractivity contribution in [2.24, 2.45) is 5.92 Å². The maximum Gasteiger partial charge on any atom is 0.321 e. The summed E-state index contributed by atoms with van der Waals surface area (Å²) in [7, 11) is 0. The van der Waals surface area contributed by atoms with Gasteiger partial charge in [0, 0.05) is 25.3 Å². The molecule has 2 atom stereocenters. The van der Waals surface area contributed by atoms with Gasteiger partial charge in [-0.3, -0.25) is 4.79 Å². The number of ether oxygens (including phenoxy) is 2. The second-order valence-corrected chi connectivity index (χ2v) is 8.67. The van der Waals surface area contributed by atoms with Crippen LogP contribution in [0.25, 0.3) is 0 Å². The summed E-state index contributed by atoms with van der Waals surface area (Å²) in [4.78, 5) is 30.0. The van der Waals surface area contributed by atoms with Crippen molar-refractivity contribution < 1.29 is 19.1 Å². The number of likely N-dealkylation sites (tertiary alicyclic amines) is 2. The predicted octanol–water partition coefficient (Wildman–Crippen LogP) is 4.07. The second-order valence-electron chi connectivity index (χ2n) is 8.67. The van der Waals surface area contributed by atoms with Crippen LogP contribution in [0.5, 0.6) is 11.5 Å². The number of anilines is 1. The van der Waals surface area contributed by atoms with Crippen LogP contribution in [0.2, 0.25) is 0 Å². The number of hydrogen-bond donors (Lipinski definition) is 1. The average Bonchev–Trinajstić information content (AvgIpc) is 3.34. The first-order valence-corrected chi connectivity index (χ1v) is 11.5. The first kappa shape index (κ1) is 20.7. The smallest absolute Gasteiger partial charge is 0.321 e. The van der Waals surface area contributed by atoms with Crippen molar-refractivity contribution in [3.8, 4) is 11.5 Å². The number of fused-ring (bicyclic) bond motifs is 1. The molecule has 0 spiro atoms. The van der Waals surface area contributed by atoms with Crippen molar-refractivity contribution in [3.05, 3.63) is 54.1 Å². The topological polar surface area (TPSA) is 71.1 Å². The van der Waals surface area contributed by atoms with Gasteiger partial charge < -0.3 is 24.6 Å². The second kappa shape index (κ2) is 9.10. The van der Waals surface area contributed by atoms with E-state index in [-0.39, 0.29) is 23.9 Å². The van der Waals surface area contributed by atoms with Crippen LogP contribution in [0.1, 0.15) is 37.3 Å². The van der Waals surface area contributed by atoms with Gasteiger partial charge in [-0.25, -0.2) is 4.79 Å². The third kappa shape index (κ3) is 4.24. The minimum Gasteiger partial charge on any atom is -0.486 e. The number of nitrogens with one attached hydrogen (secondary N) is 1. The highest BCUT2D eigenvalue weighted by Crippen LogP contribution is 2.39. The number of hydrogen-bond acceptors (Lipinski definition) is 4. The van der Waals surface area contributed by atoms with Crippen LogP contribution in [0, 0.1) is 5.92 Å². The summed E-state index contributed by atoms with van der Waals surface area (Å²) < 4.78 is 11.4. The van der Waals surface area contributed by atoms with Crippen molar-refractivity contribution in [2.75, 3.05) is 38.2 Å². The van der Waals surface area contributed by atoms with Gasteiger partial charge in [-0.1, -0.05) is 24.3 Å². The minimum atomic E-state index is -0.164. The van der Waals surface area contributed by atoms with E-state index in [0.29, 0.717) is 26.3 Å². The molecule has 2 fully saturated rings. The van der Waals surface area contributed by atoms with E-state index in [4.69, 9.17) is 9.47 Å². The molecule has 2 unspecified atom stereocenters. The summed E-state index contributed by atoms with van der Waals surface area (Å²) in [5, 5.41) is 2.94. The lowest BCUT2D eigenvalue weighted by Gasteiger charge is -2.36. The Morgan fingerprint density at radius 3 is 2.53 bits per heavy atom. The summed E-state index contributed by atoms with van der Waals surface area (Å²) >= 11 is 0.